The van der Waals surface area contributed by atoms with Crippen LogP contribution in [0.3, 0.4) is 0 Å². The summed E-state index contributed by atoms with van der Waals surface area (Å²) in [5, 5.41) is 9.25. The van der Waals surface area contributed by atoms with E-state index < -0.39 is 0 Å². The van der Waals surface area contributed by atoms with E-state index in [1.54, 1.807) is 22.6 Å². The zero-order chi connectivity index (χ0) is 18.2. The summed E-state index contributed by atoms with van der Waals surface area (Å²) in [7, 11) is 1.90. The molecule has 0 aliphatic rings. The topological polar surface area (TPSA) is 94.3 Å². The first kappa shape index (κ1) is 16.1. The fourth-order valence-corrected chi connectivity index (χ4v) is 4.17. The lowest BCUT2D eigenvalue weighted by Gasteiger charge is -2.03. The highest BCUT2D eigenvalue weighted by Crippen LogP contribution is 2.32. The molecule has 8 nitrogen and oxygen atoms in total. The van der Waals surface area contributed by atoms with Gasteiger partial charge in [0.2, 0.25) is 0 Å². The molecule has 0 unspecified atom stereocenters. The summed E-state index contributed by atoms with van der Waals surface area (Å²) < 4.78 is 1.78. The molecule has 5 rings (SSSR count). The first-order valence-electron chi connectivity index (χ1n) is 8.01. The lowest BCUT2D eigenvalue weighted by Crippen LogP contribution is -1.96. The van der Waals surface area contributed by atoms with Crippen molar-refractivity contribution in [3.8, 4) is 0 Å². The number of hydrogen-bond donors (Lipinski definition) is 1. The number of aromatic nitrogens is 7. The summed E-state index contributed by atoms with van der Waals surface area (Å²) in [5.41, 5.74) is 2.32. The summed E-state index contributed by atoms with van der Waals surface area (Å²) in [5.74, 6) is 0.628. The molecule has 0 atom stereocenters. The lowest BCUT2D eigenvalue weighted by molar-refractivity contribution is 0.738. The minimum absolute atomic E-state index is 0.628. The summed E-state index contributed by atoms with van der Waals surface area (Å²) in [6.45, 7) is 0. The van der Waals surface area contributed by atoms with E-state index in [0.717, 1.165) is 25.8 Å². The van der Waals surface area contributed by atoms with Crippen LogP contribution in [0.2, 0.25) is 0 Å². The number of nitrogens with one attached hydrogen (secondary N) is 1. The second kappa shape index (κ2) is 6.56. The monoisotopic (exact) mass is 392 g/mol. The van der Waals surface area contributed by atoms with Gasteiger partial charge in [0.05, 0.1) is 5.52 Å². The SMILES string of the molecule is Cn1ccc(Sc2cnc3sc(Nc4ncnc5cccnc45)nc3c2)n1. The van der Waals surface area contributed by atoms with Crippen molar-refractivity contribution in [2.75, 3.05) is 5.32 Å². The Labute approximate surface area is 161 Å². The number of nitrogens with zero attached hydrogens (tertiary/aromatic N) is 7. The average Bonchev–Trinajstić information content (AvgIpc) is 3.27. The Morgan fingerprint density at radius 3 is 2.96 bits per heavy atom. The second-order valence-electron chi connectivity index (χ2n) is 5.66. The maximum atomic E-state index is 4.64. The van der Waals surface area contributed by atoms with E-state index in [1.807, 2.05) is 43.7 Å². The van der Waals surface area contributed by atoms with E-state index >= 15 is 0 Å². The third-order valence-electron chi connectivity index (χ3n) is 3.75. The second-order valence-corrected chi connectivity index (χ2v) is 7.73. The molecule has 10 heteroatoms. The maximum Gasteiger partial charge on any atom is 0.191 e. The highest BCUT2D eigenvalue weighted by Gasteiger charge is 2.11. The number of pyridine rings is 2. The van der Waals surface area contributed by atoms with Crippen LogP contribution < -0.4 is 5.32 Å². The molecular weight excluding hydrogens is 380 g/mol. The summed E-state index contributed by atoms with van der Waals surface area (Å²) in [4.78, 5) is 23.9. The van der Waals surface area contributed by atoms with Gasteiger partial charge >= 0.3 is 0 Å². The maximum absolute atomic E-state index is 4.64. The van der Waals surface area contributed by atoms with Crippen LogP contribution in [0.25, 0.3) is 21.4 Å². The third kappa shape index (κ3) is 3.20. The summed E-state index contributed by atoms with van der Waals surface area (Å²) >= 11 is 3.03. The third-order valence-corrected chi connectivity index (χ3v) is 5.53. The van der Waals surface area contributed by atoms with Crippen molar-refractivity contribution in [1.82, 2.24) is 34.7 Å². The van der Waals surface area contributed by atoms with E-state index in [2.05, 4.69) is 35.3 Å². The van der Waals surface area contributed by atoms with Gasteiger partial charge in [-0.05, 0) is 24.3 Å². The lowest BCUT2D eigenvalue weighted by atomic mass is 10.3. The molecule has 5 aromatic rings. The number of hydrogen-bond acceptors (Lipinski definition) is 9. The van der Waals surface area contributed by atoms with Crippen LogP contribution in [0.15, 0.2) is 59.1 Å². The van der Waals surface area contributed by atoms with Gasteiger partial charge in [-0.1, -0.05) is 23.1 Å². The van der Waals surface area contributed by atoms with E-state index in [1.165, 1.54) is 17.7 Å². The summed E-state index contributed by atoms with van der Waals surface area (Å²) in [6.07, 6.45) is 6.99. The quantitative estimate of drug-likeness (QED) is 0.495. The molecule has 0 aliphatic carbocycles. The molecule has 27 heavy (non-hydrogen) atoms. The van der Waals surface area contributed by atoms with Gasteiger partial charge in [-0.3, -0.25) is 9.67 Å². The molecule has 0 fully saturated rings. The van der Waals surface area contributed by atoms with Gasteiger partial charge in [-0.15, -0.1) is 0 Å². The van der Waals surface area contributed by atoms with E-state index in [0.29, 0.717) is 16.5 Å². The van der Waals surface area contributed by atoms with Gasteiger partial charge < -0.3 is 5.32 Å². The fraction of sp³-hybridized carbons (Fsp3) is 0.0588. The Hall–Kier alpha value is -3.11. The number of rotatable bonds is 4. The van der Waals surface area contributed by atoms with Crippen LogP contribution >= 0.6 is 23.1 Å². The van der Waals surface area contributed by atoms with Gasteiger partial charge in [0, 0.05) is 30.5 Å². The molecule has 0 aliphatic heterocycles. The van der Waals surface area contributed by atoms with E-state index in [9.17, 15) is 0 Å². The van der Waals surface area contributed by atoms with Crippen LogP contribution in [-0.4, -0.2) is 34.7 Å². The van der Waals surface area contributed by atoms with Gasteiger partial charge in [0.25, 0.3) is 0 Å². The van der Waals surface area contributed by atoms with Crippen molar-refractivity contribution >= 4 is 55.4 Å². The molecule has 1 N–H and O–H groups in total. The Morgan fingerprint density at radius 2 is 2.07 bits per heavy atom. The molecule has 0 bridgehead atoms. The fourth-order valence-electron chi connectivity index (χ4n) is 2.57. The molecule has 5 heterocycles. The molecule has 0 saturated heterocycles. The van der Waals surface area contributed by atoms with Crippen LogP contribution in [0.5, 0.6) is 0 Å². The van der Waals surface area contributed by atoms with Crippen molar-refractivity contribution < 1.29 is 0 Å². The first-order chi connectivity index (χ1) is 13.2. The molecule has 0 spiro atoms. The number of aryl methyl sites for hydroxylation is 1. The van der Waals surface area contributed by atoms with Gasteiger partial charge in [0.1, 0.15) is 27.2 Å². The largest absolute Gasteiger partial charge is 0.314 e. The Bertz CT molecular complexity index is 1260. The standard InChI is InChI=1S/C17H12N8S2/c1-25-6-4-13(24-25)26-10-7-12-16(19-8-10)27-17(22-12)23-15-14-11(20-9-21-15)3-2-5-18-14/h2-9H,1H3,(H,20,21,22,23). The number of fused-ring (bicyclic) bond motifs is 2. The first-order valence-corrected chi connectivity index (χ1v) is 9.65. The number of thiazole rings is 1. The van der Waals surface area contributed by atoms with E-state index in [-0.39, 0.29) is 0 Å². The molecule has 0 radical (unpaired) electrons. The van der Waals surface area contributed by atoms with Crippen molar-refractivity contribution in [3.63, 3.8) is 0 Å². The van der Waals surface area contributed by atoms with Crippen LogP contribution in [0, 0.1) is 0 Å². The highest BCUT2D eigenvalue weighted by molar-refractivity contribution is 7.99. The van der Waals surface area contributed by atoms with Crippen LogP contribution in [0.1, 0.15) is 0 Å². The zero-order valence-electron chi connectivity index (χ0n) is 14.1. The van der Waals surface area contributed by atoms with Gasteiger partial charge in [0.15, 0.2) is 10.9 Å². The molecule has 132 valence electrons. The molecular formula is C17H12N8S2. The Balaban J connectivity index is 1.45. The molecule has 0 amide bonds. The minimum atomic E-state index is 0.628. The number of anilines is 2. The zero-order valence-corrected chi connectivity index (χ0v) is 15.7. The molecule has 0 aromatic carbocycles. The Kier molecular flexibility index (Phi) is 3.91. The normalized spacial score (nSPS) is 11.3. The van der Waals surface area contributed by atoms with Gasteiger partial charge in [-0.25, -0.2) is 19.9 Å². The van der Waals surface area contributed by atoms with Crippen LogP contribution in [-0.2, 0) is 7.05 Å². The highest BCUT2D eigenvalue weighted by atomic mass is 32.2. The average molecular weight is 392 g/mol. The molecule has 5 aromatic heterocycles. The predicted molar refractivity (Wildman–Crippen MR) is 105 cm³/mol. The van der Waals surface area contributed by atoms with E-state index in [4.69, 9.17) is 0 Å². The molecule has 0 saturated carbocycles. The smallest absolute Gasteiger partial charge is 0.191 e. The van der Waals surface area contributed by atoms with Crippen molar-refractivity contribution in [2.24, 2.45) is 7.05 Å². The van der Waals surface area contributed by atoms with Gasteiger partial charge in [-0.2, -0.15) is 5.10 Å². The summed E-state index contributed by atoms with van der Waals surface area (Å²) in [6, 6.07) is 7.73. The van der Waals surface area contributed by atoms with Crippen molar-refractivity contribution in [2.45, 2.75) is 9.92 Å². The van der Waals surface area contributed by atoms with Crippen molar-refractivity contribution in [1.29, 1.82) is 0 Å². The predicted octanol–water partition coefficient (Wildman–Crippen LogP) is 3.66. The van der Waals surface area contributed by atoms with Crippen molar-refractivity contribution in [3.05, 3.63) is 49.2 Å². The van der Waals surface area contributed by atoms with Crippen LogP contribution in [0.4, 0.5) is 10.9 Å². The Morgan fingerprint density at radius 1 is 1.11 bits per heavy atom. The minimum Gasteiger partial charge on any atom is -0.314 e.